The summed E-state index contributed by atoms with van der Waals surface area (Å²) < 4.78 is 4.96. The SMILES string of the molecule is CCOC(=O)/C(C)=C\C(c1ccccc1)C(C(C)=O)C(C)=O. The lowest BCUT2D eigenvalue weighted by molar-refractivity contribution is -0.138. The van der Waals surface area contributed by atoms with Crippen molar-refractivity contribution in [3.05, 3.63) is 47.5 Å². The van der Waals surface area contributed by atoms with Gasteiger partial charge >= 0.3 is 5.97 Å². The largest absolute Gasteiger partial charge is 0.463 e. The molecule has 1 unspecified atom stereocenters. The van der Waals surface area contributed by atoms with E-state index in [1.807, 2.05) is 30.3 Å². The van der Waals surface area contributed by atoms with Crippen molar-refractivity contribution in [2.24, 2.45) is 5.92 Å². The van der Waals surface area contributed by atoms with Crippen molar-refractivity contribution in [2.45, 2.75) is 33.6 Å². The average Bonchev–Trinajstić information content (AvgIpc) is 2.46. The summed E-state index contributed by atoms with van der Waals surface area (Å²) in [5.74, 6) is -2.13. The Morgan fingerprint density at radius 1 is 1.05 bits per heavy atom. The number of hydrogen-bond donors (Lipinski definition) is 0. The van der Waals surface area contributed by atoms with Crippen LogP contribution in [0, 0.1) is 5.92 Å². The molecule has 0 aliphatic rings. The predicted octanol–water partition coefficient (Wildman–Crippen LogP) is 3.07. The number of benzene rings is 1. The fraction of sp³-hybridized carbons (Fsp3) is 0.389. The van der Waals surface area contributed by atoms with E-state index in [0.29, 0.717) is 5.57 Å². The molecule has 1 aromatic carbocycles. The van der Waals surface area contributed by atoms with E-state index in [0.717, 1.165) is 5.56 Å². The van der Waals surface area contributed by atoms with Gasteiger partial charge in [0.15, 0.2) is 0 Å². The Kier molecular flexibility index (Phi) is 6.70. The van der Waals surface area contributed by atoms with Crippen LogP contribution in [0.25, 0.3) is 0 Å². The smallest absolute Gasteiger partial charge is 0.333 e. The van der Waals surface area contributed by atoms with Crippen LogP contribution >= 0.6 is 0 Å². The van der Waals surface area contributed by atoms with Crippen LogP contribution in [0.1, 0.15) is 39.2 Å². The van der Waals surface area contributed by atoms with E-state index in [1.165, 1.54) is 13.8 Å². The van der Waals surface area contributed by atoms with E-state index in [2.05, 4.69) is 0 Å². The van der Waals surface area contributed by atoms with Crippen molar-refractivity contribution in [3.8, 4) is 0 Å². The maximum atomic E-state index is 11.9. The van der Waals surface area contributed by atoms with E-state index in [-0.39, 0.29) is 18.2 Å². The highest BCUT2D eigenvalue weighted by Gasteiger charge is 2.30. The number of carbonyl (C=O) groups excluding carboxylic acids is 3. The Bertz CT molecular complexity index is 558. The lowest BCUT2D eigenvalue weighted by atomic mass is 9.80. The number of ether oxygens (including phenoxy) is 1. The molecular formula is C18H22O4. The number of esters is 1. The maximum Gasteiger partial charge on any atom is 0.333 e. The lowest BCUT2D eigenvalue weighted by Gasteiger charge is -2.21. The van der Waals surface area contributed by atoms with Gasteiger partial charge in [-0.3, -0.25) is 9.59 Å². The highest BCUT2D eigenvalue weighted by molar-refractivity contribution is 6.01. The third-order valence-corrected chi connectivity index (χ3v) is 3.45. The van der Waals surface area contributed by atoms with Gasteiger partial charge in [0.2, 0.25) is 0 Å². The number of hydrogen-bond acceptors (Lipinski definition) is 4. The van der Waals surface area contributed by atoms with Crippen LogP contribution in [0.2, 0.25) is 0 Å². The van der Waals surface area contributed by atoms with Crippen LogP contribution in [0.4, 0.5) is 0 Å². The first-order chi connectivity index (χ1) is 10.4. The number of allylic oxidation sites excluding steroid dienone is 1. The van der Waals surface area contributed by atoms with Crippen LogP contribution in [-0.2, 0) is 19.1 Å². The molecule has 0 N–H and O–H groups in total. The maximum absolute atomic E-state index is 11.9. The summed E-state index contributed by atoms with van der Waals surface area (Å²) in [4.78, 5) is 35.6. The molecule has 0 aromatic heterocycles. The van der Waals surface area contributed by atoms with E-state index in [9.17, 15) is 14.4 Å². The Morgan fingerprint density at radius 3 is 2.05 bits per heavy atom. The first kappa shape index (κ1) is 17.8. The minimum Gasteiger partial charge on any atom is -0.463 e. The minimum atomic E-state index is -0.799. The second kappa shape index (κ2) is 8.27. The van der Waals surface area contributed by atoms with Crippen molar-refractivity contribution in [1.29, 1.82) is 0 Å². The van der Waals surface area contributed by atoms with Crippen molar-refractivity contribution in [2.75, 3.05) is 6.61 Å². The summed E-state index contributed by atoms with van der Waals surface area (Å²) >= 11 is 0. The molecule has 4 nitrogen and oxygen atoms in total. The fourth-order valence-corrected chi connectivity index (χ4v) is 2.43. The molecule has 1 rings (SSSR count). The number of carbonyl (C=O) groups is 3. The van der Waals surface area contributed by atoms with Crippen LogP contribution in [-0.4, -0.2) is 24.1 Å². The molecule has 0 spiro atoms. The van der Waals surface area contributed by atoms with Crippen LogP contribution in [0.3, 0.4) is 0 Å². The molecule has 0 saturated carbocycles. The van der Waals surface area contributed by atoms with Gasteiger partial charge in [-0.05, 0) is 33.3 Å². The third kappa shape index (κ3) is 4.65. The summed E-state index contributed by atoms with van der Waals surface area (Å²) in [6.45, 7) is 6.44. The van der Waals surface area contributed by atoms with E-state index in [4.69, 9.17) is 4.74 Å². The second-order valence-corrected chi connectivity index (χ2v) is 5.21. The molecule has 1 atom stereocenters. The normalized spacial score (nSPS) is 12.9. The topological polar surface area (TPSA) is 60.4 Å². The number of ketones is 2. The van der Waals surface area contributed by atoms with Crippen molar-refractivity contribution in [3.63, 3.8) is 0 Å². The Morgan fingerprint density at radius 2 is 1.59 bits per heavy atom. The van der Waals surface area contributed by atoms with Crippen molar-refractivity contribution < 1.29 is 19.1 Å². The summed E-state index contributed by atoms with van der Waals surface area (Å²) in [5, 5.41) is 0. The standard InChI is InChI=1S/C18H22O4/c1-5-22-18(21)12(2)11-16(15-9-7-6-8-10-15)17(13(3)19)14(4)20/h6-11,16-17H,5H2,1-4H3/b12-11-. The first-order valence-corrected chi connectivity index (χ1v) is 7.29. The van der Waals surface area contributed by atoms with Gasteiger partial charge in [0.25, 0.3) is 0 Å². The summed E-state index contributed by atoms with van der Waals surface area (Å²) in [5.41, 5.74) is 1.21. The van der Waals surface area contributed by atoms with Crippen LogP contribution in [0.5, 0.6) is 0 Å². The molecule has 22 heavy (non-hydrogen) atoms. The van der Waals surface area contributed by atoms with Crippen LogP contribution in [0.15, 0.2) is 42.0 Å². The lowest BCUT2D eigenvalue weighted by Crippen LogP contribution is -2.26. The first-order valence-electron chi connectivity index (χ1n) is 7.29. The molecule has 0 radical (unpaired) electrons. The van der Waals surface area contributed by atoms with Gasteiger partial charge in [-0.25, -0.2) is 4.79 Å². The molecule has 118 valence electrons. The predicted molar refractivity (Wildman–Crippen MR) is 84.4 cm³/mol. The molecule has 0 aliphatic heterocycles. The van der Waals surface area contributed by atoms with Gasteiger partial charge in [-0.2, -0.15) is 0 Å². The third-order valence-electron chi connectivity index (χ3n) is 3.45. The molecular weight excluding hydrogens is 280 g/mol. The molecule has 0 saturated heterocycles. The monoisotopic (exact) mass is 302 g/mol. The van der Waals surface area contributed by atoms with Gasteiger partial charge in [-0.1, -0.05) is 36.4 Å². The quantitative estimate of drug-likeness (QED) is 0.441. The molecule has 0 aliphatic carbocycles. The fourth-order valence-electron chi connectivity index (χ4n) is 2.43. The summed E-state index contributed by atoms with van der Waals surface area (Å²) in [6.07, 6.45) is 1.65. The minimum absolute atomic E-state index is 0.214. The van der Waals surface area contributed by atoms with E-state index >= 15 is 0 Å². The van der Waals surface area contributed by atoms with Gasteiger partial charge in [0, 0.05) is 11.5 Å². The molecule has 4 heteroatoms. The summed E-state index contributed by atoms with van der Waals surface area (Å²) in [7, 11) is 0. The average molecular weight is 302 g/mol. The van der Waals surface area contributed by atoms with Crippen molar-refractivity contribution >= 4 is 17.5 Å². The van der Waals surface area contributed by atoms with E-state index < -0.39 is 17.8 Å². The number of rotatable bonds is 7. The molecule has 0 bridgehead atoms. The highest BCUT2D eigenvalue weighted by atomic mass is 16.5. The second-order valence-electron chi connectivity index (χ2n) is 5.21. The Labute approximate surface area is 131 Å². The van der Waals surface area contributed by atoms with Gasteiger partial charge < -0.3 is 4.74 Å². The van der Waals surface area contributed by atoms with Crippen LogP contribution < -0.4 is 0 Å². The molecule has 0 fully saturated rings. The Balaban J connectivity index is 3.29. The molecule has 1 aromatic rings. The molecule has 0 heterocycles. The van der Waals surface area contributed by atoms with Crippen molar-refractivity contribution in [1.82, 2.24) is 0 Å². The molecule has 0 amide bonds. The van der Waals surface area contributed by atoms with Gasteiger partial charge in [0.1, 0.15) is 11.6 Å². The van der Waals surface area contributed by atoms with Gasteiger partial charge in [0.05, 0.1) is 12.5 Å². The zero-order chi connectivity index (χ0) is 16.7. The summed E-state index contributed by atoms with van der Waals surface area (Å²) in [6, 6.07) is 9.23. The highest BCUT2D eigenvalue weighted by Crippen LogP contribution is 2.29. The van der Waals surface area contributed by atoms with E-state index in [1.54, 1.807) is 19.9 Å². The zero-order valence-electron chi connectivity index (χ0n) is 13.5. The Hall–Kier alpha value is -2.23. The zero-order valence-corrected chi connectivity index (χ0v) is 13.5. The van der Waals surface area contributed by atoms with Gasteiger partial charge in [-0.15, -0.1) is 0 Å². The number of Topliss-reactive ketones (excluding diaryl/α,β-unsaturated/α-hetero) is 2.